The van der Waals surface area contributed by atoms with Gasteiger partial charge < -0.3 is 21.3 Å². The van der Waals surface area contributed by atoms with Crippen molar-refractivity contribution >= 4 is 17.8 Å². The Balaban J connectivity index is 3.97. The number of amides is 1. The number of carbonyl (C=O) groups is 3. The summed E-state index contributed by atoms with van der Waals surface area (Å²) in [4.78, 5) is 32.3. The van der Waals surface area contributed by atoms with Crippen LogP contribution in [0.25, 0.3) is 0 Å². The highest BCUT2D eigenvalue weighted by Crippen LogP contribution is 2.25. The van der Waals surface area contributed by atoms with Crippen LogP contribution >= 0.6 is 0 Å². The Morgan fingerprint density at radius 1 is 1.16 bits per heavy atom. The second-order valence-electron chi connectivity index (χ2n) is 5.30. The van der Waals surface area contributed by atoms with Crippen LogP contribution in [0.2, 0.25) is 0 Å². The first kappa shape index (κ1) is 17.4. The molecule has 1 atom stereocenters. The molecule has 0 radical (unpaired) electrons. The monoisotopic (exact) mass is 274 g/mol. The fourth-order valence-electron chi connectivity index (χ4n) is 1.51. The van der Waals surface area contributed by atoms with Crippen molar-refractivity contribution in [1.29, 1.82) is 0 Å². The van der Waals surface area contributed by atoms with Gasteiger partial charge in [-0.15, -0.1) is 0 Å². The first-order valence-corrected chi connectivity index (χ1v) is 6.11. The van der Waals surface area contributed by atoms with Gasteiger partial charge in [-0.25, -0.2) is 0 Å². The van der Waals surface area contributed by atoms with Crippen LogP contribution in [-0.2, 0) is 14.4 Å². The average molecular weight is 274 g/mol. The molecule has 5 N–H and O–H groups in total. The summed E-state index contributed by atoms with van der Waals surface area (Å²) >= 11 is 0. The molecular weight excluding hydrogens is 252 g/mol. The van der Waals surface area contributed by atoms with Crippen molar-refractivity contribution in [2.24, 2.45) is 11.1 Å². The molecule has 0 saturated carbocycles. The summed E-state index contributed by atoms with van der Waals surface area (Å²) in [7, 11) is 0. The molecule has 0 aromatic heterocycles. The molecule has 0 heterocycles. The first-order valence-electron chi connectivity index (χ1n) is 6.11. The number of rotatable bonds is 9. The van der Waals surface area contributed by atoms with E-state index in [1.54, 1.807) is 0 Å². The Morgan fingerprint density at radius 3 is 2.21 bits per heavy atom. The Bertz CT molecular complexity index is 341. The molecule has 0 bridgehead atoms. The van der Waals surface area contributed by atoms with Crippen molar-refractivity contribution in [1.82, 2.24) is 5.32 Å². The Hall–Kier alpha value is -1.63. The molecular formula is C12H22N2O5. The van der Waals surface area contributed by atoms with E-state index in [1.165, 1.54) is 0 Å². The molecule has 0 rings (SSSR count). The quantitative estimate of drug-likeness (QED) is 0.474. The number of carboxylic acids is 2. The Kier molecular flexibility index (Phi) is 7.06. The van der Waals surface area contributed by atoms with Gasteiger partial charge in [0.25, 0.3) is 0 Å². The number of carbonyl (C=O) groups excluding carboxylic acids is 1. The summed E-state index contributed by atoms with van der Waals surface area (Å²) in [6.07, 6.45) is 0.791. The lowest BCUT2D eigenvalue weighted by molar-refractivity contribution is -0.139. The van der Waals surface area contributed by atoms with E-state index in [0.717, 1.165) is 0 Å². The summed E-state index contributed by atoms with van der Waals surface area (Å²) < 4.78 is 0. The highest BCUT2D eigenvalue weighted by atomic mass is 16.4. The van der Waals surface area contributed by atoms with E-state index in [9.17, 15) is 14.4 Å². The molecule has 1 unspecified atom stereocenters. The van der Waals surface area contributed by atoms with Gasteiger partial charge in [0, 0.05) is 13.0 Å². The third-order valence-corrected chi connectivity index (χ3v) is 2.85. The molecule has 0 spiro atoms. The lowest BCUT2D eigenvalue weighted by Crippen LogP contribution is -2.42. The maximum atomic E-state index is 11.4. The summed E-state index contributed by atoms with van der Waals surface area (Å²) in [6, 6.07) is -1.06. The third-order valence-electron chi connectivity index (χ3n) is 2.85. The molecule has 0 saturated heterocycles. The van der Waals surface area contributed by atoms with E-state index < -0.39 is 30.3 Å². The molecule has 0 aromatic rings. The van der Waals surface area contributed by atoms with Gasteiger partial charge in [0.2, 0.25) is 5.91 Å². The fourth-order valence-corrected chi connectivity index (χ4v) is 1.51. The minimum atomic E-state index is -1.12. The predicted octanol–water partition coefficient (Wildman–Crippen LogP) is 0.186. The zero-order valence-corrected chi connectivity index (χ0v) is 11.3. The molecule has 0 aromatic carbocycles. The minimum Gasteiger partial charge on any atom is -0.481 e. The van der Waals surface area contributed by atoms with Crippen molar-refractivity contribution in [3.05, 3.63) is 0 Å². The maximum absolute atomic E-state index is 11.4. The number of hydrogen-bond acceptors (Lipinski definition) is 4. The molecule has 1 amide bonds. The van der Waals surface area contributed by atoms with Crippen LogP contribution < -0.4 is 11.1 Å². The average Bonchev–Trinajstić information content (AvgIpc) is 2.25. The van der Waals surface area contributed by atoms with Gasteiger partial charge in [0.1, 0.15) is 0 Å². The topological polar surface area (TPSA) is 130 Å². The molecule has 7 heteroatoms. The van der Waals surface area contributed by atoms with E-state index >= 15 is 0 Å². The summed E-state index contributed by atoms with van der Waals surface area (Å²) in [6.45, 7) is 4.18. The van der Waals surface area contributed by atoms with E-state index in [0.29, 0.717) is 19.4 Å². The molecule has 0 aliphatic heterocycles. The number of nitrogens with one attached hydrogen (secondary N) is 1. The van der Waals surface area contributed by atoms with E-state index in [1.807, 2.05) is 13.8 Å². The normalized spacial score (nSPS) is 12.8. The summed E-state index contributed by atoms with van der Waals surface area (Å²) in [5, 5.41) is 19.7. The molecule has 7 nitrogen and oxygen atoms in total. The van der Waals surface area contributed by atoms with Crippen LogP contribution in [0, 0.1) is 5.41 Å². The van der Waals surface area contributed by atoms with Crippen molar-refractivity contribution in [3.8, 4) is 0 Å². The standard InChI is InChI=1S/C12H22N2O5/c1-12(2,4-3-9(15)16)5-6-14-11(19)8(13)7-10(17)18/h8H,3-7,13H2,1-2H3,(H,14,19)(H,15,16)(H,17,18). The largest absolute Gasteiger partial charge is 0.481 e. The lowest BCUT2D eigenvalue weighted by Gasteiger charge is -2.24. The predicted molar refractivity (Wildman–Crippen MR) is 68.5 cm³/mol. The van der Waals surface area contributed by atoms with Crippen LogP contribution in [-0.4, -0.2) is 40.6 Å². The second kappa shape index (κ2) is 7.73. The van der Waals surface area contributed by atoms with Crippen LogP contribution in [0.1, 0.15) is 39.5 Å². The third kappa shape index (κ3) is 9.01. The van der Waals surface area contributed by atoms with Gasteiger partial charge in [0.15, 0.2) is 0 Å². The smallest absolute Gasteiger partial charge is 0.305 e. The van der Waals surface area contributed by atoms with Crippen molar-refractivity contribution in [2.45, 2.75) is 45.6 Å². The van der Waals surface area contributed by atoms with Crippen LogP contribution in [0.5, 0.6) is 0 Å². The number of carboxylic acid groups (broad SMARTS) is 2. The van der Waals surface area contributed by atoms with Gasteiger partial charge in [-0.2, -0.15) is 0 Å². The Morgan fingerprint density at radius 2 is 1.74 bits per heavy atom. The van der Waals surface area contributed by atoms with Crippen molar-refractivity contribution in [2.75, 3.05) is 6.54 Å². The zero-order valence-electron chi connectivity index (χ0n) is 11.3. The van der Waals surface area contributed by atoms with Crippen molar-refractivity contribution in [3.63, 3.8) is 0 Å². The van der Waals surface area contributed by atoms with Crippen LogP contribution in [0.3, 0.4) is 0 Å². The molecule has 0 aliphatic carbocycles. The van der Waals surface area contributed by atoms with E-state index in [2.05, 4.69) is 5.32 Å². The minimum absolute atomic E-state index is 0.0828. The second-order valence-corrected chi connectivity index (χ2v) is 5.30. The molecule has 19 heavy (non-hydrogen) atoms. The lowest BCUT2D eigenvalue weighted by atomic mass is 9.84. The fraction of sp³-hybridized carbons (Fsp3) is 0.750. The summed E-state index contributed by atoms with van der Waals surface area (Å²) in [5.41, 5.74) is 5.19. The number of nitrogens with two attached hydrogens (primary N) is 1. The highest BCUT2D eigenvalue weighted by molar-refractivity contribution is 5.85. The zero-order chi connectivity index (χ0) is 15.1. The van der Waals surface area contributed by atoms with Crippen LogP contribution in [0.15, 0.2) is 0 Å². The van der Waals surface area contributed by atoms with Gasteiger partial charge in [-0.1, -0.05) is 13.8 Å². The van der Waals surface area contributed by atoms with Crippen LogP contribution in [0.4, 0.5) is 0 Å². The molecule has 0 fully saturated rings. The van der Waals surface area contributed by atoms with Gasteiger partial charge in [-0.05, 0) is 18.3 Å². The number of aliphatic carboxylic acids is 2. The van der Waals surface area contributed by atoms with Gasteiger partial charge in [0.05, 0.1) is 12.5 Å². The summed E-state index contributed by atoms with van der Waals surface area (Å²) in [5.74, 6) is -2.47. The molecule has 0 aliphatic rings. The highest BCUT2D eigenvalue weighted by Gasteiger charge is 2.21. The Labute approximate surface area is 112 Å². The van der Waals surface area contributed by atoms with Crippen molar-refractivity contribution < 1.29 is 24.6 Å². The van der Waals surface area contributed by atoms with Gasteiger partial charge in [-0.3, -0.25) is 14.4 Å². The first-order chi connectivity index (χ1) is 8.64. The van der Waals surface area contributed by atoms with E-state index in [4.69, 9.17) is 15.9 Å². The molecule has 110 valence electrons. The maximum Gasteiger partial charge on any atom is 0.305 e. The number of hydrogen-bond donors (Lipinski definition) is 4. The SMILES string of the molecule is CC(C)(CCNC(=O)C(N)CC(=O)O)CCC(=O)O. The van der Waals surface area contributed by atoms with E-state index in [-0.39, 0.29) is 11.8 Å². The van der Waals surface area contributed by atoms with Gasteiger partial charge >= 0.3 is 11.9 Å².